The minimum absolute atomic E-state index is 0.341. The number of hydrogen-bond donors (Lipinski definition) is 4. The third-order valence-corrected chi connectivity index (χ3v) is 2.22. The number of carbonyl (C=O) groups excluding carboxylic acids is 1. The van der Waals surface area contributed by atoms with Crippen LogP contribution in [0.2, 0.25) is 0 Å². The molecule has 1 aromatic carbocycles. The van der Waals surface area contributed by atoms with E-state index in [0.717, 1.165) is 11.1 Å². The molecule has 0 aliphatic rings. The summed E-state index contributed by atoms with van der Waals surface area (Å²) in [4.78, 5) is 21.8. The third-order valence-electron chi connectivity index (χ3n) is 2.22. The van der Waals surface area contributed by atoms with Gasteiger partial charge in [-0.25, -0.2) is 9.59 Å². The minimum Gasteiger partial charge on any atom is -0.479 e. The van der Waals surface area contributed by atoms with Crippen molar-refractivity contribution in [3.05, 3.63) is 29.3 Å². The van der Waals surface area contributed by atoms with Crippen LogP contribution in [-0.2, 0) is 4.79 Å². The van der Waals surface area contributed by atoms with E-state index in [4.69, 9.17) is 10.2 Å². The molecule has 0 saturated carbocycles. The Kier molecular flexibility index (Phi) is 4.67. The molecule has 0 unspecified atom stereocenters. The number of aliphatic hydroxyl groups excluding tert-OH is 1. The molecule has 6 nitrogen and oxygen atoms in total. The molecule has 4 N–H and O–H groups in total. The van der Waals surface area contributed by atoms with Gasteiger partial charge in [-0.05, 0) is 37.1 Å². The molecule has 1 atom stereocenters. The van der Waals surface area contributed by atoms with E-state index < -0.39 is 18.1 Å². The lowest BCUT2D eigenvalue weighted by Crippen LogP contribution is -2.38. The van der Waals surface area contributed by atoms with Crippen LogP contribution in [0.5, 0.6) is 0 Å². The number of hydrogen-bond acceptors (Lipinski definition) is 3. The number of aliphatic carboxylic acids is 1. The summed E-state index contributed by atoms with van der Waals surface area (Å²) in [7, 11) is 0. The average Bonchev–Trinajstić information content (AvgIpc) is 2.24. The van der Waals surface area contributed by atoms with Crippen LogP contribution in [0.15, 0.2) is 18.2 Å². The molecule has 0 aliphatic heterocycles. The predicted octanol–water partition coefficient (Wildman–Crippen LogP) is 0.870. The highest BCUT2D eigenvalue weighted by molar-refractivity contribution is 5.89. The van der Waals surface area contributed by atoms with Gasteiger partial charge in [0.1, 0.15) is 0 Å². The predicted molar refractivity (Wildman–Crippen MR) is 66.6 cm³/mol. The number of urea groups is 1. The number of aryl methyl sites for hydroxylation is 2. The minimum atomic E-state index is -1.60. The molecule has 2 amide bonds. The topological polar surface area (TPSA) is 98.7 Å². The molecule has 18 heavy (non-hydrogen) atoms. The molecule has 1 aromatic rings. The SMILES string of the molecule is Cc1cc(C)cc(NC(=O)NC[C@H](O)C(=O)O)c1. The maximum atomic E-state index is 11.4. The smallest absolute Gasteiger partial charge is 0.334 e. The number of anilines is 1. The number of rotatable bonds is 4. The van der Waals surface area contributed by atoms with Gasteiger partial charge in [-0.3, -0.25) is 0 Å². The molecule has 0 fully saturated rings. The Labute approximate surface area is 105 Å². The summed E-state index contributed by atoms with van der Waals surface area (Å²) in [6.07, 6.45) is -1.60. The van der Waals surface area contributed by atoms with Gasteiger partial charge in [-0.1, -0.05) is 6.07 Å². The van der Waals surface area contributed by atoms with E-state index in [1.807, 2.05) is 19.9 Å². The van der Waals surface area contributed by atoms with Gasteiger partial charge < -0.3 is 20.8 Å². The van der Waals surface area contributed by atoms with Crippen LogP contribution in [0.1, 0.15) is 11.1 Å². The van der Waals surface area contributed by atoms with Gasteiger partial charge in [0.2, 0.25) is 0 Å². The lowest BCUT2D eigenvalue weighted by atomic mass is 10.1. The van der Waals surface area contributed by atoms with Crippen molar-refractivity contribution in [1.29, 1.82) is 0 Å². The second kappa shape index (κ2) is 6.02. The molecule has 0 spiro atoms. The molecule has 1 rings (SSSR count). The molecular weight excluding hydrogens is 236 g/mol. The van der Waals surface area contributed by atoms with Gasteiger partial charge >= 0.3 is 12.0 Å². The average molecular weight is 252 g/mol. The Morgan fingerprint density at radius 2 is 1.78 bits per heavy atom. The second-order valence-corrected chi connectivity index (χ2v) is 4.07. The first-order chi connectivity index (χ1) is 8.38. The Morgan fingerprint density at radius 1 is 1.22 bits per heavy atom. The summed E-state index contributed by atoms with van der Waals surface area (Å²) >= 11 is 0. The summed E-state index contributed by atoms with van der Waals surface area (Å²) in [5.74, 6) is -1.37. The Bertz CT molecular complexity index is 439. The van der Waals surface area contributed by atoms with Crippen molar-refractivity contribution in [1.82, 2.24) is 5.32 Å². The molecule has 0 aromatic heterocycles. The molecule has 0 radical (unpaired) electrons. The van der Waals surface area contributed by atoms with Crippen molar-refractivity contribution in [3.8, 4) is 0 Å². The Morgan fingerprint density at radius 3 is 2.28 bits per heavy atom. The number of amides is 2. The molecule has 0 saturated heterocycles. The van der Waals surface area contributed by atoms with E-state index in [-0.39, 0.29) is 6.54 Å². The zero-order valence-electron chi connectivity index (χ0n) is 10.2. The normalized spacial score (nSPS) is 11.7. The first-order valence-corrected chi connectivity index (χ1v) is 5.42. The lowest BCUT2D eigenvalue weighted by Gasteiger charge is -2.10. The van der Waals surface area contributed by atoms with Gasteiger partial charge in [0, 0.05) is 5.69 Å². The highest BCUT2D eigenvalue weighted by atomic mass is 16.4. The maximum Gasteiger partial charge on any atom is 0.334 e. The quantitative estimate of drug-likeness (QED) is 0.639. The van der Waals surface area contributed by atoms with Crippen LogP contribution in [0.25, 0.3) is 0 Å². The molecule has 98 valence electrons. The summed E-state index contributed by atoms with van der Waals surface area (Å²) in [5.41, 5.74) is 2.64. The van der Waals surface area contributed by atoms with Gasteiger partial charge in [-0.15, -0.1) is 0 Å². The number of carboxylic acid groups (broad SMARTS) is 1. The van der Waals surface area contributed by atoms with Gasteiger partial charge in [0.15, 0.2) is 6.10 Å². The Balaban J connectivity index is 2.52. The second-order valence-electron chi connectivity index (χ2n) is 4.07. The van der Waals surface area contributed by atoms with Crippen LogP contribution in [0.3, 0.4) is 0 Å². The number of aliphatic hydroxyl groups is 1. The number of carbonyl (C=O) groups is 2. The van der Waals surface area contributed by atoms with Gasteiger partial charge in [0.05, 0.1) is 6.54 Å². The maximum absolute atomic E-state index is 11.4. The molecule has 6 heteroatoms. The standard InChI is InChI=1S/C12H16N2O4/c1-7-3-8(2)5-9(4-7)14-12(18)13-6-10(15)11(16)17/h3-5,10,15H,6H2,1-2H3,(H,16,17)(H2,13,14,18)/t10-/m0/s1. The van der Waals surface area contributed by atoms with Crippen molar-refractivity contribution in [2.24, 2.45) is 0 Å². The van der Waals surface area contributed by atoms with E-state index in [1.54, 1.807) is 12.1 Å². The Hall–Kier alpha value is -2.08. The first kappa shape index (κ1) is 14.0. The molecule has 0 heterocycles. The van der Waals surface area contributed by atoms with Crippen molar-refractivity contribution < 1.29 is 19.8 Å². The van der Waals surface area contributed by atoms with Crippen molar-refractivity contribution in [2.45, 2.75) is 20.0 Å². The monoisotopic (exact) mass is 252 g/mol. The highest BCUT2D eigenvalue weighted by Crippen LogP contribution is 2.13. The van der Waals surface area contributed by atoms with Gasteiger partial charge in [-0.2, -0.15) is 0 Å². The van der Waals surface area contributed by atoms with E-state index in [1.165, 1.54) is 0 Å². The van der Waals surface area contributed by atoms with E-state index in [9.17, 15) is 9.59 Å². The van der Waals surface area contributed by atoms with Crippen LogP contribution in [-0.4, -0.2) is 34.9 Å². The summed E-state index contributed by atoms with van der Waals surface area (Å²) in [6.45, 7) is 3.47. The van der Waals surface area contributed by atoms with Crippen molar-refractivity contribution in [2.75, 3.05) is 11.9 Å². The number of nitrogens with one attached hydrogen (secondary N) is 2. The van der Waals surface area contributed by atoms with E-state index >= 15 is 0 Å². The highest BCUT2D eigenvalue weighted by Gasteiger charge is 2.13. The molecular formula is C12H16N2O4. The summed E-state index contributed by atoms with van der Waals surface area (Å²) < 4.78 is 0. The number of benzene rings is 1. The summed E-state index contributed by atoms with van der Waals surface area (Å²) in [6, 6.07) is 5.00. The van der Waals surface area contributed by atoms with E-state index in [2.05, 4.69) is 10.6 Å². The lowest BCUT2D eigenvalue weighted by molar-refractivity contribution is -0.146. The molecule has 0 bridgehead atoms. The number of carboxylic acids is 1. The first-order valence-electron chi connectivity index (χ1n) is 5.42. The van der Waals surface area contributed by atoms with E-state index in [0.29, 0.717) is 5.69 Å². The molecule has 0 aliphatic carbocycles. The van der Waals surface area contributed by atoms with Crippen LogP contribution in [0, 0.1) is 13.8 Å². The summed E-state index contributed by atoms with van der Waals surface area (Å²) in [5, 5.41) is 22.3. The third kappa shape index (κ3) is 4.42. The van der Waals surface area contributed by atoms with Crippen molar-refractivity contribution in [3.63, 3.8) is 0 Å². The van der Waals surface area contributed by atoms with Crippen LogP contribution in [0.4, 0.5) is 10.5 Å². The fourth-order valence-electron chi connectivity index (χ4n) is 1.50. The fraction of sp³-hybridized carbons (Fsp3) is 0.333. The van der Waals surface area contributed by atoms with Gasteiger partial charge in [0.25, 0.3) is 0 Å². The van der Waals surface area contributed by atoms with Crippen LogP contribution >= 0.6 is 0 Å². The largest absolute Gasteiger partial charge is 0.479 e. The zero-order chi connectivity index (χ0) is 13.7. The fourth-order valence-corrected chi connectivity index (χ4v) is 1.50. The zero-order valence-corrected chi connectivity index (χ0v) is 10.2. The van der Waals surface area contributed by atoms with Crippen molar-refractivity contribution >= 4 is 17.7 Å². The van der Waals surface area contributed by atoms with Crippen LogP contribution < -0.4 is 10.6 Å².